The lowest BCUT2D eigenvalue weighted by Gasteiger charge is -2.38. The molecule has 2 N–H and O–H groups in total. The highest BCUT2D eigenvalue weighted by Crippen LogP contribution is 2.41. The number of hydrogen-bond donors (Lipinski definition) is 2. The molecular formula is C22H23N3O. The highest BCUT2D eigenvalue weighted by molar-refractivity contribution is 5.39. The van der Waals surface area contributed by atoms with Crippen LogP contribution in [0.15, 0.2) is 79.4 Å². The molecule has 4 rings (SSSR count). The van der Waals surface area contributed by atoms with E-state index in [1.54, 1.807) is 24.8 Å². The predicted octanol–water partition coefficient (Wildman–Crippen LogP) is 3.45. The van der Waals surface area contributed by atoms with Gasteiger partial charge in [0, 0.05) is 35.9 Å². The molecule has 3 aromatic rings. The molecule has 0 unspecified atom stereocenters. The molecule has 1 atom stereocenters. The lowest BCUT2D eigenvalue weighted by atomic mass is 9.78. The monoisotopic (exact) mass is 345 g/mol. The number of nitrogens with one attached hydrogen (secondary N) is 1. The number of aromatic nitrogens is 2. The molecule has 0 saturated heterocycles. The quantitative estimate of drug-likeness (QED) is 0.689. The lowest BCUT2D eigenvalue weighted by molar-refractivity contribution is 0.0352. The van der Waals surface area contributed by atoms with Crippen LogP contribution in [-0.4, -0.2) is 21.6 Å². The highest BCUT2D eigenvalue weighted by Gasteiger charge is 2.42. The van der Waals surface area contributed by atoms with Crippen molar-refractivity contribution in [1.82, 2.24) is 15.3 Å². The fraction of sp³-hybridized carbons (Fsp3) is 0.273. The van der Waals surface area contributed by atoms with Crippen LogP contribution in [0.5, 0.6) is 0 Å². The third-order valence-electron chi connectivity index (χ3n) is 5.06. The van der Waals surface area contributed by atoms with Gasteiger partial charge >= 0.3 is 0 Å². The van der Waals surface area contributed by atoms with Crippen molar-refractivity contribution < 1.29 is 5.11 Å². The van der Waals surface area contributed by atoms with Gasteiger partial charge < -0.3 is 10.4 Å². The van der Waals surface area contributed by atoms with E-state index in [4.69, 9.17) is 0 Å². The van der Waals surface area contributed by atoms with Gasteiger partial charge in [-0.2, -0.15) is 0 Å². The Labute approximate surface area is 154 Å². The van der Waals surface area contributed by atoms with Gasteiger partial charge in [0.2, 0.25) is 0 Å². The maximum Gasteiger partial charge on any atom is 0.137 e. The Morgan fingerprint density at radius 2 is 1.54 bits per heavy atom. The van der Waals surface area contributed by atoms with Crippen LogP contribution in [0, 0.1) is 5.92 Å². The summed E-state index contributed by atoms with van der Waals surface area (Å²) in [6.07, 6.45) is 9.44. The van der Waals surface area contributed by atoms with Gasteiger partial charge in [-0.3, -0.25) is 9.97 Å². The minimum absolute atomic E-state index is 0.294. The fourth-order valence-corrected chi connectivity index (χ4v) is 3.44. The minimum atomic E-state index is -1.27. The molecule has 0 radical (unpaired) electrons. The zero-order valence-corrected chi connectivity index (χ0v) is 14.6. The zero-order valence-electron chi connectivity index (χ0n) is 14.6. The molecule has 4 heteroatoms. The molecule has 132 valence electrons. The van der Waals surface area contributed by atoms with E-state index in [2.05, 4.69) is 27.4 Å². The maximum absolute atomic E-state index is 12.1. The topological polar surface area (TPSA) is 58.0 Å². The van der Waals surface area contributed by atoms with E-state index in [1.807, 2.05) is 42.5 Å². The van der Waals surface area contributed by atoms with Crippen molar-refractivity contribution in [3.8, 4) is 0 Å². The van der Waals surface area contributed by atoms with Crippen LogP contribution in [0.3, 0.4) is 0 Å². The van der Waals surface area contributed by atoms with Gasteiger partial charge in [0.05, 0.1) is 6.04 Å². The smallest absolute Gasteiger partial charge is 0.137 e. The number of benzene rings is 1. The Bertz CT molecular complexity index is 780. The lowest BCUT2D eigenvalue weighted by Crippen LogP contribution is -2.43. The van der Waals surface area contributed by atoms with Gasteiger partial charge in [-0.25, -0.2) is 0 Å². The molecule has 0 spiro atoms. The summed E-state index contributed by atoms with van der Waals surface area (Å²) in [5.74, 6) is 0.702. The van der Waals surface area contributed by atoms with Gasteiger partial charge in [-0.05, 0) is 43.0 Å². The van der Waals surface area contributed by atoms with Gasteiger partial charge in [0.1, 0.15) is 5.60 Å². The SMILES string of the molecule is OC(c1cccnc1)(c1cccnc1)[C@H](NCC1CC1)c1ccccc1. The van der Waals surface area contributed by atoms with Crippen molar-refractivity contribution in [3.63, 3.8) is 0 Å². The second kappa shape index (κ2) is 7.36. The predicted molar refractivity (Wildman–Crippen MR) is 101 cm³/mol. The summed E-state index contributed by atoms with van der Waals surface area (Å²) in [6, 6.07) is 17.4. The van der Waals surface area contributed by atoms with Crippen molar-refractivity contribution >= 4 is 0 Å². The summed E-state index contributed by atoms with van der Waals surface area (Å²) in [5.41, 5.74) is 1.29. The minimum Gasteiger partial charge on any atom is -0.378 e. The Hall–Kier alpha value is -2.56. The van der Waals surface area contributed by atoms with Crippen LogP contribution < -0.4 is 5.32 Å². The summed E-state index contributed by atoms with van der Waals surface area (Å²) in [5, 5.41) is 15.7. The average Bonchev–Trinajstić information content (AvgIpc) is 3.54. The van der Waals surface area contributed by atoms with Crippen molar-refractivity contribution in [2.24, 2.45) is 5.92 Å². The zero-order chi connectivity index (χ0) is 17.8. The normalized spacial score (nSPS) is 15.6. The molecule has 0 aliphatic heterocycles. The van der Waals surface area contributed by atoms with E-state index in [1.165, 1.54) is 12.8 Å². The van der Waals surface area contributed by atoms with Gasteiger partial charge in [-0.1, -0.05) is 42.5 Å². The average molecular weight is 345 g/mol. The number of aliphatic hydroxyl groups is 1. The second-order valence-corrected chi connectivity index (χ2v) is 6.95. The number of pyridine rings is 2. The molecule has 4 nitrogen and oxygen atoms in total. The molecule has 2 aromatic heterocycles. The Morgan fingerprint density at radius 3 is 2.04 bits per heavy atom. The van der Waals surface area contributed by atoms with Crippen LogP contribution in [0.2, 0.25) is 0 Å². The molecule has 1 fully saturated rings. The Balaban J connectivity index is 1.83. The number of rotatable bonds is 7. The highest BCUT2D eigenvalue weighted by atomic mass is 16.3. The van der Waals surface area contributed by atoms with Crippen molar-refractivity contribution in [1.29, 1.82) is 0 Å². The molecule has 1 aromatic carbocycles. The van der Waals surface area contributed by atoms with Crippen molar-refractivity contribution in [3.05, 3.63) is 96.1 Å². The first-order valence-corrected chi connectivity index (χ1v) is 9.10. The fourth-order valence-electron chi connectivity index (χ4n) is 3.44. The first-order valence-electron chi connectivity index (χ1n) is 9.10. The molecule has 1 aliphatic rings. The summed E-state index contributed by atoms with van der Waals surface area (Å²) >= 11 is 0. The molecular weight excluding hydrogens is 322 g/mol. The van der Waals surface area contributed by atoms with E-state index < -0.39 is 5.60 Å². The van der Waals surface area contributed by atoms with E-state index in [0.717, 1.165) is 23.2 Å². The van der Waals surface area contributed by atoms with Crippen LogP contribution in [-0.2, 0) is 5.60 Å². The first kappa shape index (κ1) is 16.9. The summed E-state index contributed by atoms with van der Waals surface area (Å²) in [6.45, 7) is 0.891. The van der Waals surface area contributed by atoms with E-state index >= 15 is 0 Å². The summed E-state index contributed by atoms with van der Waals surface area (Å²) in [4.78, 5) is 8.50. The maximum atomic E-state index is 12.1. The third-order valence-corrected chi connectivity index (χ3v) is 5.06. The summed E-state index contributed by atoms with van der Waals surface area (Å²) < 4.78 is 0. The standard InChI is InChI=1S/C22H23N3O/c26-22(19-8-4-12-23-15-19,20-9-5-13-24-16-20)21(25-14-17-10-11-17)18-6-2-1-3-7-18/h1-9,12-13,15-17,21,25-26H,10-11,14H2/t21-/m1/s1. The molecule has 0 bridgehead atoms. The van der Waals surface area contributed by atoms with Crippen molar-refractivity contribution in [2.75, 3.05) is 6.54 Å². The molecule has 1 saturated carbocycles. The molecule has 1 aliphatic carbocycles. The number of nitrogens with zero attached hydrogens (tertiary/aromatic N) is 2. The van der Waals surface area contributed by atoms with Crippen LogP contribution in [0.4, 0.5) is 0 Å². The van der Waals surface area contributed by atoms with E-state index in [9.17, 15) is 5.11 Å². The largest absolute Gasteiger partial charge is 0.378 e. The Morgan fingerprint density at radius 1 is 0.923 bits per heavy atom. The van der Waals surface area contributed by atoms with Crippen molar-refractivity contribution in [2.45, 2.75) is 24.5 Å². The van der Waals surface area contributed by atoms with E-state index in [0.29, 0.717) is 5.92 Å². The Kier molecular flexibility index (Phi) is 4.78. The van der Waals surface area contributed by atoms with Gasteiger partial charge in [-0.15, -0.1) is 0 Å². The second-order valence-electron chi connectivity index (χ2n) is 6.95. The molecule has 26 heavy (non-hydrogen) atoms. The van der Waals surface area contributed by atoms with E-state index in [-0.39, 0.29) is 6.04 Å². The first-order chi connectivity index (χ1) is 12.8. The van der Waals surface area contributed by atoms with Crippen LogP contribution >= 0.6 is 0 Å². The van der Waals surface area contributed by atoms with Gasteiger partial charge in [0.15, 0.2) is 0 Å². The summed E-state index contributed by atoms with van der Waals surface area (Å²) in [7, 11) is 0. The third kappa shape index (κ3) is 3.39. The molecule has 0 amide bonds. The molecule has 2 heterocycles. The van der Waals surface area contributed by atoms with Crippen LogP contribution in [0.25, 0.3) is 0 Å². The number of hydrogen-bond acceptors (Lipinski definition) is 4. The van der Waals surface area contributed by atoms with Gasteiger partial charge in [0.25, 0.3) is 0 Å². The van der Waals surface area contributed by atoms with Crippen LogP contribution in [0.1, 0.15) is 35.6 Å².